The van der Waals surface area contributed by atoms with Crippen LogP contribution in [0.15, 0.2) is 72.8 Å². The first-order valence-electron chi connectivity index (χ1n) is 17.1. The average molecular weight is 583 g/mol. The highest BCUT2D eigenvalue weighted by molar-refractivity contribution is 6.13. The van der Waals surface area contributed by atoms with Crippen molar-refractivity contribution in [2.45, 2.75) is 123 Å². The van der Waals surface area contributed by atoms with Gasteiger partial charge in [0.2, 0.25) is 0 Å². The number of unbranched alkanes of at least 4 members (excludes halogenated alkanes) is 13. The minimum Gasteiger partial charge on any atom is -0.494 e. The van der Waals surface area contributed by atoms with Crippen molar-refractivity contribution in [3.05, 3.63) is 89.5 Å². The Morgan fingerprint density at radius 1 is 0.535 bits per heavy atom. The predicted octanol–water partition coefficient (Wildman–Crippen LogP) is 11.6. The predicted molar refractivity (Wildman–Crippen MR) is 181 cm³/mol. The maximum Gasteiger partial charge on any atom is 0.170 e. The van der Waals surface area contributed by atoms with Gasteiger partial charge in [0.05, 0.1) is 13.0 Å². The van der Waals surface area contributed by atoms with Crippen molar-refractivity contribution < 1.29 is 14.3 Å². The van der Waals surface area contributed by atoms with E-state index in [0.717, 1.165) is 30.4 Å². The largest absolute Gasteiger partial charge is 0.494 e. The number of ketones is 2. The molecule has 0 atom stereocenters. The van der Waals surface area contributed by atoms with Crippen LogP contribution in [0, 0.1) is 0 Å². The Kier molecular flexibility index (Phi) is 16.5. The molecule has 3 aromatic rings. The third kappa shape index (κ3) is 13.3. The zero-order valence-corrected chi connectivity index (χ0v) is 26.9. The molecule has 0 aliphatic carbocycles. The van der Waals surface area contributed by atoms with Gasteiger partial charge >= 0.3 is 0 Å². The second-order valence-corrected chi connectivity index (χ2v) is 12.0. The highest BCUT2D eigenvalue weighted by atomic mass is 16.5. The lowest BCUT2D eigenvalue weighted by Crippen LogP contribution is -2.09. The standard InChI is InChI=1S/C40H54O3/c1-3-5-7-9-10-11-12-13-14-16-19-33-22-24-34(25-23-33)35-26-28-36(29-27-35)39(41)32-40(42)37-20-18-21-38(31-37)43-30-17-15-8-6-4-2/h18,20-29,31H,3-17,19,30,32H2,1-2H3. The number of ether oxygens (including phenoxy) is 1. The second kappa shape index (κ2) is 20.7. The van der Waals surface area contributed by atoms with Gasteiger partial charge in [-0.3, -0.25) is 9.59 Å². The molecule has 0 N–H and O–H groups in total. The van der Waals surface area contributed by atoms with Crippen molar-refractivity contribution in [2.24, 2.45) is 0 Å². The number of carbonyl (C=O) groups excluding carboxylic acids is 2. The highest BCUT2D eigenvalue weighted by Crippen LogP contribution is 2.23. The summed E-state index contributed by atoms with van der Waals surface area (Å²) in [5.74, 6) is 0.346. The fourth-order valence-corrected chi connectivity index (χ4v) is 5.53. The lowest BCUT2D eigenvalue weighted by molar-refractivity contribution is 0.0894. The van der Waals surface area contributed by atoms with Crippen LogP contribution in [0.5, 0.6) is 5.75 Å². The van der Waals surface area contributed by atoms with E-state index in [1.165, 1.54) is 89.0 Å². The van der Waals surface area contributed by atoms with Crippen LogP contribution in [0.3, 0.4) is 0 Å². The van der Waals surface area contributed by atoms with E-state index in [1.54, 1.807) is 12.1 Å². The molecule has 0 unspecified atom stereocenters. The molecule has 0 aliphatic heterocycles. The number of benzene rings is 3. The Hall–Kier alpha value is -3.20. The zero-order valence-electron chi connectivity index (χ0n) is 26.9. The summed E-state index contributed by atoms with van der Waals surface area (Å²) in [6.07, 6.45) is 20.5. The third-order valence-corrected chi connectivity index (χ3v) is 8.31. The minimum absolute atomic E-state index is 0.145. The van der Waals surface area contributed by atoms with E-state index in [1.807, 2.05) is 36.4 Å². The first kappa shape index (κ1) is 34.3. The zero-order chi connectivity index (χ0) is 30.5. The fraction of sp³-hybridized carbons (Fsp3) is 0.500. The van der Waals surface area contributed by atoms with Crippen LogP contribution in [0.2, 0.25) is 0 Å². The van der Waals surface area contributed by atoms with Crippen molar-refractivity contribution in [2.75, 3.05) is 6.61 Å². The molecule has 0 saturated heterocycles. The monoisotopic (exact) mass is 582 g/mol. The maximum atomic E-state index is 12.9. The molecular formula is C40H54O3. The first-order chi connectivity index (χ1) is 21.1. The number of rotatable bonds is 23. The Bertz CT molecular complexity index is 1190. The fourth-order valence-electron chi connectivity index (χ4n) is 5.53. The lowest BCUT2D eigenvalue weighted by Gasteiger charge is -2.08. The number of aryl methyl sites for hydroxylation is 1. The maximum absolute atomic E-state index is 12.9. The molecule has 0 heterocycles. The van der Waals surface area contributed by atoms with Gasteiger partial charge in [0.25, 0.3) is 0 Å². The number of carbonyl (C=O) groups is 2. The molecule has 0 spiro atoms. The molecule has 3 aromatic carbocycles. The van der Waals surface area contributed by atoms with Crippen molar-refractivity contribution in [3.63, 3.8) is 0 Å². The van der Waals surface area contributed by atoms with Gasteiger partial charge in [-0.05, 0) is 48.1 Å². The van der Waals surface area contributed by atoms with Crippen molar-refractivity contribution in [1.29, 1.82) is 0 Å². The van der Waals surface area contributed by atoms with Crippen LogP contribution in [-0.2, 0) is 6.42 Å². The minimum atomic E-state index is -0.180. The van der Waals surface area contributed by atoms with Gasteiger partial charge in [-0.25, -0.2) is 0 Å². The van der Waals surface area contributed by atoms with Crippen LogP contribution in [-0.4, -0.2) is 18.2 Å². The molecule has 3 heteroatoms. The van der Waals surface area contributed by atoms with Crippen LogP contribution in [0.1, 0.15) is 143 Å². The smallest absolute Gasteiger partial charge is 0.170 e. The molecule has 3 nitrogen and oxygen atoms in total. The van der Waals surface area contributed by atoms with E-state index in [2.05, 4.69) is 38.1 Å². The molecule has 0 amide bonds. The summed E-state index contributed by atoms with van der Waals surface area (Å²) in [7, 11) is 0. The molecular weight excluding hydrogens is 528 g/mol. The van der Waals surface area contributed by atoms with Gasteiger partial charge in [-0.2, -0.15) is 0 Å². The van der Waals surface area contributed by atoms with Crippen molar-refractivity contribution >= 4 is 11.6 Å². The normalized spacial score (nSPS) is 11.0. The molecule has 0 saturated carbocycles. The van der Waals surface area contributed by atoms with Crippen LogP contribution < -0.4 is 4.74 Å². The van der Waals surface area contributed by atoms with Crippen LogP contribution in [0.25, 0.3) is 11.1 Å². The first-order valence-corrected chi connectivity index (χ1v) is 17.1. The molecule has 0 radical (unpaired) electrons. The highest BCUT2D eigenvalue weighted by Gasteiger charge is 2.15. The summed E-state index contributed by atoms with van der Waals surface area (Å²) in [6, 6.07) is 23.6. The summed E-state index contributed by atoms with van der Waals surface area (Å²) in [6.45, 7) is 5.13. The summed E-state index contributed by atoms with van der Waals surface area (Å²) < 4.78 is 5.84. The molecule has 3 rings (SSSR count). The quantitative estimate of drug-likeness (QED) is 0.0634. The van der Waals surface area contributed by atoms with Gasteiger partial charge in [0, 0.05) is 11.1 Å². The van der Waals surface area contributed by atoms with Gasteiger partial charge in [0.1, 0.15) is 5.75 Å². The molecule has 232 valence electrons. The summed E-state index contributed by atoms with van der Waals surface area (Å²) >= 11 is 0. The van der Waals surface area contributed by atoms with Crippen LogP contribution in [0.4, 0.5) is 0 Å². The summed E-state index contributed by atoms with van der Waals surface area (Å²) in [4.78, 5) is 25.7. The Balaban J connectivity index is 1.39. The lowest BCUT2D eigenvalue weighted by atomic mass is 9.97. The van der Waals surface area contributed by atoms with Crippen molar-refractivity contribution in [3.8, 4) is 16.9 Å². The van der Waals surface area contributed by atoms with E-state index < -0.39 is 0 Å². The van der Waals surface area contributed by atoms with Gasteiger partial charge in [0.15, 0.2) is 11.6 Å². The van der Waals surface area contributed by atoms with Gasteiger partial charge < -0.3 is 4.74 Å². The molecule has 0 aliphatic rings. The van der Waals surface area contributed by atoms with Crippen molar-refractivity contribution in [1.82, 2.24) is 0 Å². The SMILES string of the molecule is CCCCCCCCCCCCc1ccc(-c2ccc(C(=O)CC(=O)c3cccc(OCCCCCCC)c3)cc2)cc1. The molecule has 0 aromatic heterocycles. The number of hydrogen-bond donors (Lipinski definition) is 0. The van der Waals surface area contributed by atoms with E-state index >= 15 is 0 Å². The van der Waals surface area contributed by atoms with E-state index in [0.29, 0.717) is 23.5 Å². The molecule has 43 heavy (non-hydrogen) atoms. The molecule has 0 fully saturated rings. The topological polar surface area (TPSA) is 43.4 Å². The average Bonchev–Trinajstić information content (AvgIpc) is 3.04. The summed E-state index contributed by atoms with van der Waals surface area (Å²) in [5.41, 5.74) is 4.69. The van der Waals surface area contributed by atoms with E-state index in [-0.39, 0.29) is 18.0 Å². The van der Waals surface area contributed by atoms with Crippen LogP contribution >= 0.6 is 0 Å². The Morgan fingerprint density at radius 2 is 1.05 bits per heavy atom. The van der Waals surface area contributed by atoms with E-state index in [9.17, 15) is 9.59 Å². The third-order valence-electron chi connectivity index (χ3n) is 8.31. The second-order valence-electron chi connectivity index (χ2n) is 12.0. The number of hydrogen-bond acceptors (Lipinski definition) is 3. The van der Waals surface area contributed by atoms with Gasteiger partial charge in [-0.15, -0.1) is 0 Å². The Labute approximate surface area is 261 Å². The number of Topliss-reactive ketones (excluding diaryl/α,β-unsaturated/α-hetero) is 2. The van der Waals surface area contributed by atoms with Gasteiger partial charge in [-0.1, -0.05) is 158 Å². The summed E-state index contributed by atoms with van der Waals surface area (Å²) in [5, 5.41) is 0. The molecule has 0 bridgehead atoms. The Morgan fingerprint density at radius 3 is 1.65 bits per heavy atom. The van der Waals surface area contributed by atoms with E-state index in [4.69, 9.17) is 4.74 Å².